The van der Waals surface area contributed by atoms with Crippen LogP contribution in [0.2, 0.25) is 0 Å². The fraction of sp³-hybridized carbons (Fsp3) is 0.500. The molecule has 0 fully saturated rings. The molecule has 0 bridgehead atoms. The molecule has 0 saturated carbocycles. The van der Waals surface area contributed by atoms with Crippen molar-refractivity contribution in [2.24, 2.45) is 5.92 Å². The van der Waals surface area contributed by atoms with Gasteiger partial charge in [0.1, 0.15) is 5.75 Å². The summed E-state index contributed by atoms with van der Waals surface area (Å²) >= 11 is 0. The van der Waals surface area contributed by atoms with Gasteiger partial charge in [0.2, 0.25) is 0 Å². The van der Waals surface area contributed by atoms with Crippen LogP contribution in [0, 0.1) is 5.92 Å². The van der Waals surface area contributed by atoms with Gasteiger partial charge in [0.25, 0.3) is 0 Å². The van der Waals surface area contributed by atoms with E-state index in [4.69, 9.17) is 9.47 Å². The van der Waals surface area contributed by atoms with E-state index in [0.717, 1.165) is 19.3 Å². The summed E-state index contributed by atoms with van der Waals surface area (Å²) in [4.78, 5) is 22.6. The first kappa shape index (κ1) is 16.2. The molecule has 1 rings (SSSR count). The van der Waals surface area contributed by atoms with E-state index in [1.54, 1.807) is 24.3 Å². The van der Waals surface area contributed by atoms with Crippen molar-refractivity contribution in [3.05, 3.63) is 29.8 Å². The van der Waals surface area contributed by atoms with Crippen molar-refractivity contribution in [3.8, 4) is 5.75 Å². The van der Waals surface area contributed by atoms with Crippen molar-refractivity contribution >= 4 is 11.9 Å². The van der Waals surface area contributed by atoms with E-state index in [9.17, 15) is 9.59 Å². The number of ether oxygens (including phenoxy) is 2. The van der Waals surface area contributed by atoms with Crippen LogP contribution >= 0.6 is 0 Å². The summed E-state index contributed by atoms with van der Waals surface area (Å²) in [6, 6.07) is 6.35. The molecule has 0 aliphatic heterocycles. The maximum Gasteiger partial charge on any atom is 0.338 e. The fourth-order valence-corrected chi connectivity index (χ4v) is 1.92. The predicted molar refractivity (Wildman–Crippen MR) is 76.7 cm³/mol. The van der Waals surface area contributed by atoms with Crippen molar-refractivity contribution in [2.45, 2.75) is 40.0 Å². The Hall–Kier alpha value is -1.84. The summed E-state index contributed by atoms with van der Waals surface area (Å²) in [6.45, 7) is 6.06. The van der Waals surface area contributed by atoms with Crippen LogP contribution in [0.5, 0.6) is 5.75 Å². The van der Waals surface area contributed by atoms with E-state index in [1.165, 1.54) is 6.92 Å². The number of esters is 2. The first-order valence-electron chi connectivity index (χ1n) is 7.02. The minimum absolute atomic E-state index is 0.342. The average Bonchev–Trinajstić information content (AvgIpc) is 2.43. The number of benzene rings is 1. The molecule has 1 aromatic carbocycles. The normalized spacial score (nSPS) is 10.4. The molecule has 1 aromatic rings. The van der Waals surface area contributed by atoms with Crippen LogP contribution < -0.4 is 4.74 Å². The highest BCUT2D eigenvalue weighted by atomic mass is 16.5. The maximum absolute atomic E-state index is 11.8. The van der Waals surface area contributed by atoms with E-state index in [-0.39, 0.29) is 11.9 Å². The van der Waals surface area contributed by atoms with Gasteiger partial charge in [-0.25, -0.2) is 4.79 Å². The second kappa shape index (κ2) is 8.35. The fourth-order valence-electron chi connectivity index (χ4n) is 1.92. The Morgan fingerprint density at radius 1 is 1.10 bits per heavy atom. The molecule has 0 aliphatic carbocycles. The zero-order chi connectivity index (χ0) is 15.0. The molecular formula is C16H22O4. The lowest BCUT2D eigenvalue weighted by atomic mass is 10.0. The Balaban J connectivity index is 2.45. The average molecular weight is 278 g/mol. The van der Waals surface area contributed by atoms with Gasteiger partial charge in [0, 0.05) is 6.92 Å². The summed E-state index contributed by atoms with van der Waals surface area (Å²) in [6.07, 6.45) is 3.10. The molecule has 20 heavy (non-hydrogen) atoms. The topological polar surface area (TPSA) is 52.6 Å². The van der Waals surface area contributed by atoms with Crippen molar-refractivity contribution < 1.29 is 19.1 Å². The van der Waals surface area contributed by atoms with Gasteiger partial charge in [0.15, 0.2) is 0 Å². The molecule has 0 aromatic heterocycles. The van der Waals surface area contributed by atoms with Gasteiger partial charge in [-0.15, -0.1) is 0 Å². The Labute approximate surface area is 120 Å². The smallest absolute Gasteiger partial charge is 0.338 e. The number of rotatable bonds is 7. The van der Waals surface area contributed by atoms with Crippen molar-refractivity contribution in [2.75, 3.05) is 6.61 Å². The molecule has 0 aliphatic rings. The highest BCUT2D eigenvalue weighted by molar-refractivity contribution is 5.89. The largest absolute Gasteiger partial charge is 0.462 e. The molecule has 0 radical (unpaired) electrons. The highest BCUT2D eigenvalue weighted by Gasteiger charge is 2.09. The van der Waals surface area contributed by atoms with E-state index < -0.39 is 0 Å². The lowest BCUT2D eigenvalue weighted by molar-refractivity contribution is -0.131. The molecular weight excluding hydrogens is 256 g/mol. The summed E-state index contributed by atoms with van der Waals surface area (Å²) < 4.78 is 10.1. The minimum atomic E-state index is -0.384. The predicted octanol–water partition coefficient (Wildman–Crippen LogP) is 3.60. The molecule has 0 atom stereocenters. The Kier molecular flexibility index (Phi) is 6.77. The number of hydrogen-bond acceptors (Lipinski definition) is 4. The number of carbonyl (C=O) groups excluding carboxylic acids is 2. The second-order valence-electron chi connectivity index (χ2n) is 4.73. The molecule has 0 amide bonds. The molecule has 0 N–H and O–H groups in total. The first-order valence-corrected chi connectivity index (χ1v) is 7.02. The lowest BCUT2D eigenvalue weighted by Gasteiger charge is -2.12. The van der Waals surface area contributed by atoms with E-state index in [0.29, 0.717) is 23.8 Å². The van der Waals surface area contributed by atoms with Gasteiger partial charge in [-0.1, -0.05) is 26.7 Å². The van der Waals surface area contributed by atoms with Crippen LogP contribution in [-0.4, -0.2) is 18.5 Å². The monoisotopic (exact) mass is 278 g/mol. The molecule has 4 heteroatoms. The molecule has 4 nitrogen and oxygen atoms in total. The van der Waals surface area contributed by atoms with Crippen molar-refractivity contribution in [1.29, 1.82) is 0 Å². The summed E-state index contributed by atoms with van der Waals surface area (Å²) in [5.41, 5.74) is 0.463. The van der Waals surface area contributed by atoms with E-state index in [2.05, 4.69) is 13.8 Å². The SMILES string of the molecule is CCC(CC)CCOC(=O)c1ccc(OC(C)=O)cc1. The van der Waals surface area contributed by atoms with E-state index >= 15 is 0 Å². The third-order valence-electron chi connectivity index (χ3n) is 3.27. The zero-order valence-electron chi connectivity index (χ0n) is 12.3. The number of hydrogen-bond donors (Lipinski definition) is 0. The zero-order valence-corrected chi connectivity index (χ0v) is 12.3. The highest BCUT2D eigenvalue weighted by Crippen LogP contribution is 2.15. The standard InChI is InChI=1S/C16H22O4/c1-4-13(5-2)10-11-19-16(18)14-6-8-15(9-7-14)20-12(3)17/h6-9,13H,4-5,10-11H2,1-3H3. The van der Waals surface area contributed by atoms with Crippen LogP contribution in [0.3, 0.4) is 0 Å². The van der Waals surface area contributed by atoms with Gasteiger partial charge >= 0.3 is 11.9 Å². The van der Waals surface area contributed by atoms with Crippen LogP contribution in [0.1, 0.15) is 50.4 Å². The number of carbonyl (C=O) groups is 2. The van der Waals surface area contributed by atoms with Crippen LogP contribution in [-0.2, 0) is 9.53 Å². The van der Waals surface area contributed by atoms with Gasteiger partial charge in [-0.3, -0.25) is 4.79 Å². The first-order chi connectivity index (χ1) is 9.56. The molecule has 110 valence electrons. The summed E-state index contributed by atoms with van der Waals surface area (Å²) in [5, 5.41) is 0. The third-order valence-corrected chi connectivity index (χ3v) is 3.27. The van der Waals surface area contributed by atoms with Crippen molar-refractivity contribution in [1.82, 2.24) is 0 Å². The molecule has 0 saturated heterocycles. The summed E-state index contributed by atoms with van der Waals surface area (Å²) in [5.74, 6) is 0.302. The van der Waals surface area contributed by atoms with Gasteiger partial charge in [-0.2, -0.15) is 0 Å². The maximum atomic E-state index is 11.8. The van der Waals surface area contributed by atoms with Crippen LogP contribution in [0.25, 0.3) is 0 Å². The van der Waals surface area contributed by atoms with Crippen LogP contribution in [0.15, 0.2) is 24.3 Å². The van der Waals surface area contributed by atoms with Crippen LogP contribution in [0.4, 0.5) is 0 Å². The Morgan fingerprint density at radius 3 is 2.20 bits per heavy atom. The molecule has 0 heterocycles. The quantitative estimate of drug-likeness (QED) is 0.565. The van der Waals surface area contributed by atoms with E-state index in [1.807, 2.05) is 0 Å². The Morgan fingerprint density at radius 2 is 1.70 bits per heavy atom. The molecule has 0 unspecified atom stereocenters. The van der Waals surface area contributed by atoms with Gasteiger partial charge in [-0.05, 0) is 36.6 Å². The Bertz CT molecular complexity index is 432. The summed E-state index contributed by atoms with van der Waals surface area (Å²) in [7, 11) is 0. The lowest BCUT2D eigenvalue weighted by Crippen LogP contribution is -2.10. The molecule has 0 spiro atoms. The van der Waals surface area contributed by atoms with Gasteiger partial charge in [0.05, 0.1) is 12.2 Å². The second-order valence-corrected chi connectivity index (χ2v) is 4.73. The van der Waals surface area contributed by atoms with Gasteiger partial charge < -0.3 is 9.47 Å². The third kappa shape index (κ3) is 5.43. The van der Waals surface area contributed by atoms with Crippen molar-refractivity contribution in [3.63, 3.8) is 0 Å². The minimum Gasteiger partial charge on any atom is -0.462 e.